The summed E-state index contributed by atoms with van der Waals surface area (Å²) in [6.07, 6.45) is 0.465. The molecular formula is C23H20ClNO4. The predicted octanol–water partition coefficient (Wildman–Crippen LogP) is -0.800. The molecule has 1 atom stereocenters. The zero-order valence-corrected chi connectivity index (χ0v) is 16.3. The first kappa shape index (κ1) is 20.6. The van der Waals surface area contributed by atoms with E-state index in [2.05, 4.69) is 5.73 Å². The normalized spacial score (nSPS) is 13.8. The van der Waals surface area contributed by atoms with Crippen molar-refractivity contribution >= 4 is 11.6 Å². The second kappa shape index (κ2) is 8.07. The van der Waals surface area contributed by atoms with Gasteiger partial charge in [0.1, 0.15) is 17.5 Å². The zero-order valence-electron chi connectivity index (χ0n) is 15.5. The number of quaternary nitrogens is 1. The Labute approximate surface area is 174 Å². The fourth-order valence-corrected chi connectivity index (χ4v) is 3.92. The molecule has 0 heterocycles. The summed E-state index contributed by atoms with van der Waals surface area (Å²) in [4.78, 5) is 26.4. The van der Waals surface area contributed by atoms with Crippen LogP contribution in [-0.2, 0) is 11.2 Å². The van der Waals surface area contributed by atoms with E-state index in [1.807, 2.05) is 30.3 Å². The van der Waals surface area contributed by atoms with Gasteiger partial charge >= 0.3 is 0 Å². The molecule has 0 saturated heterocycles. The van der Waals surface area contributed by atoms with Crippen LogP contribution < -0.4 is 18.1 Å². The van der Waals surface area contributed by atoms with E-state index in [1.165, 1.54) is 12.1 Å². The standard InChI is InChI=1S/C23H19NO4.ClH/c24-16(12-13-6-2-1-3-7-13)22(27)19-14-8-4-10-17(25)20(14)23(28)21-15(19)9-5-11-18(21)26;/h1-11,16,19,25-26H,12,24H2;1H/t16-;/m0./s1. The monoisotopic (exact) mass is 409 g/mol. The first-order chi connectivity index (χ1) is 13.5. The van der Waals surface area contributed by atoms with Crippen molar-refractivity contribution < 1.29 is 37.9 Å². The second-order valence-corrected chi connectivity index (χ2v) is 7.03. The minimum atomic E-state index is -0.770. The summed E-state index contributed by atoms with van der Waals surface area (Å²) in [7, 11) is 0. The highest BCUT2D eigenvalue weighted by Crippen LogP contribution is 2.43. The smallest absolute Gasteiger partial charge is 0.201 e. The number of carbonyl (C=O) groups is 2. The van der Waals surface area contributed by atoms with Crippen LogP contribution in [0.5, 0.6) is 11.5 Å². The third kappa shape index (κ3) is 3.50. The number of hydrogen-bond donors (Lipinski definition) is 3. The fourth-order valence-electron chi connectivity index (χ4n) is 3.92. The third-order valence-electron chi connectivity index (χ3n) is 5.24. The lowest BCUT2D eigenvalue weighted by molar-refractivity contribution is -0.402. The van der Waals surface area contributed by atoms with Crippen molar-refractivity contribution in [1.82, 2.24) is 0 Å². The third-order valence-corrected chi connectivity index (χ3v) is 5.24. The molecule has 0 bridgehead atoms. The first-order valence-corrected chi connectivity index (χ1v) is 9.08. The van der Waals surface area contributed by atoms with Crippen molar-refractivity contribution in [3.63, 3.8) is 0 Å². The van der Waals surface area contributed by atoms with Crippen molar-refractivity contribution in [2.45, 2.75) is 18.4 Å². The van der Waals surface area contributed by atoms with Crippen LogP contribution in [0.3, 0.4) is 0 Å². The summed E-state index contributed by atoms with van der Waals surface area (Å²) in [5, 5.41) is 20.6. The van der Waals surface area contributed by atoms with E-state index in [0.29, 0.717) is 17.5 Å². The molecule has 0 saturated carbocycles. The van der Waals surface area contributed by atoms with Crippen molar-refractivity contribution in [2.24, 2.45) is 0 Å². The van der Waals surface area contributed by atoms with E-state index in [0.717, 1.165) is 5.56 Å². The molecule has 29 heavy (non-hydrogen) atoms. The summed E-state index contributed by atoms with van der Waals surface area (Å²) in [5.74, 6) is -1.80. The Morgan fingerprint density at radius 1 is 0.862 bits per heavy atom. The van der Waals surface area contributed by atoms with Crippen LogP contribution in [0.2, 0.25) is 0 Å². The summed E-state index contributed by atoms with van der Waals surface area (Å²) in [5.41, 5.74) is 6.10. The van der Waals surface area contributed by atoms with Crippen LogP contribution in [0.15, 0.2) is 66.7 Å². The molecule has 0 fully saturated rings. The molecule has 4 rings (SSSR count). The number of halogens is 1. The summed E-state index contributed by atoms with van der Waals surface area (Å²) >= 11 is 0. The van der Waals surface area contributed by atoms with Gasteiger partial charge in [0.15, 0.2) is 0 Å². The molecule has 6 heteroatoms. The summed E-state index contributed by atoms with van der Waals surface area (Å²) in [6.45, 7) is 0. The van der Waals surface area contributed by atoms with E-state index in [1.54, 1.807) is 24.3 Å². The van der Waals surface area contributed by atoms with E-state index in [-0.39, 0.29) is 40.8 Å². The van der Waals surface area contributed by atoms with Crippen LogP contribution in [0.4, 0.5) is 0 Å². The first-order valence-electron chi connectivity index (χ1n) is 9.08. The van der Waals surface area contributed by atoms with Gasteiger partial charge in [0, 0.05) is 6.42 Å². The minimum Gasteiger partial charge on any atom is -1.00 e. The highest BCUT2D eigenvalue weighted by molar-refractivity contribution is 6.18. The highest BCUT2D eigenvalue weighted by Gasteiger charge is 2.40. The molecule has 5 N–H and O–H groups in total. The van der Waals surface area contributed by atoms with E-state index < -0.39 is 17.7 Å². The number of ketones is 2. The van der Waals surface area contributed by atoms with Gasteiger partial charge in [0.2, 0.25) is 11.6 Å². The topological polar surface area (TPSA) is 102 Å². The minimum absolute atomic E-state index is 0. The lowest BCUT2D eigenvalue weighted by Crippen LogP contribution is -3.00. The number of hydrogen-bond acceptors (Lipinski definition) is 4. The Kier molecular flexibility index (Phi) is 5.73. The molecule has 0 aromatic heterocycles. The zero-order chi connectivity index (χ0) is 19.8. The van der Waals surface area contributed by atoms with Crippen LogP contribution >= 0.6 is 0 Å². The number of phenolic OH excluding ortho intramolecular Hbond substituents is 2. The number of aromatic hydroxyl groups is 2. The molecule has 1 aliphatic carbocycles. The van der Waals surface area contributed by atoms with Gasteiger partial charge in [0.25, 0.3) is 0 Å². The van der Waals surface area contributed by atoms with Crippen molar-refractivity contribution in [3.05, 3.63) is 94.5 Å². The van der Waals surface area contributed by atoms with Crippen molar-refractivity contribution in [2.75, 3.05) is 0 Å². The quantitative estimate of drug-likeness (QED) is 0.525. The molecule has 3 aromatic rings. The maximum absolute atomic E-state index is 13.4. The van der Waals surface area contributed by atoms with Crippen LogP contribution in [0, 0.1) is 0 Å². The largest absolute Gasteiger partial charge is 1.00 e. The Hall–Kier alpha value is -3.15. The van der Waals surface area contributed by atoms with Gasteiger partial charge in [-0.3, -0.25) is 9.59 Å². The molecule has 5 nitrogen and oxygen atoms in total. The molecule has 0 aliphatic heterocycles. The Morgan fingerprint density at radius 2 is 1.38 bits per heavy atom. The van der Waals surface area contributed by atoms with E-state index >= 15 is 0 Å². The number of fused-ring (bicyclic) bond motifs is 2. The van der Waals surface area contributed by atoms with Crippen LogP contribution in [0.1, 0.15) is 38.5 Å². The number of Topliss-reactive ketones (excluding diaryl/α,β-unsaturated/α-hetero) is 1. The molecular weight excluding hydrogens is 390 g/mol. The van der Waals surface area contributed by atoms with Gasteiger partial charge in [0.05, 0.1) is 17.0 Å². The Bertz CT molecular complexity index is 1030. The van der Waals surface area contributed by atoms with Crippen molar-refractivity contribution in [1.29, 1.82) is 0 Å². The number of benzene rings is 3. The lowest BCUT2D eigenvalue weighted by atomic mass is 9.73. The van der Waals surface area contributed by atoms with Crippen molar-refractivity contribution in [3.8, 4) is 11.5 Å². The molecule has 0 amide bonds. The highest BCUT2D eigenvalue weighted by atomic mass is 35.5. The van der Waals surface area contributed by atoms with Crippen LogP contribution in [-0.4, -0.2) is 27.8 Å². The Balaban J connectivity index is 0.00000240. The van der Waals surface area contributed by atoms with E-state index in [4.69, 9.17) is 0 Å². The Morgan fingerprint density at radius 3 is 1.90 bits per heavy atom. The van der Waals surface area contributed by atoms with Gasteiger partial charge in [-0.2, -0.15) is 0 Å². The SMILES string of the molecule is [Cl-].[NH3+][C@@H](Cc1ccccc1)C(=O)C1c2cccc(O)c2C(=O)c2c(O)cccc21. The molecule has 3 aromatic carbocycles. The number of rotatable bonds is 4. The molecule has 148 valence electrons. The molecule has 0 spiro atoms. The average molecular weight is 410 g/mol. The van der Waals surface area contributed by atoms with Gasteiger partial charge < -0.3 is 28.4 Å². The van der Waals surface area contributed by atoms with Gasteiger partial charge in [-0.1, -0.05) is 54.6 Å². The van der Waals surface area contributed by atoms with Gasteiger partial charge in [-0.05, 0) is 28.8 Å². The maximum atomic E-state index is 13.4. The molecule has 0 radical (unpaired) electrons. The van der Waals surface area contributed by atoms with Gasteiger partial charge in [-0.15, -0.1) is 0 Å². The molecule has 0 unspecified atom stereocenters. The predicted molar refractivity (Wildman–Crippen MR) is 103 cm³/mol. The van der Waals surface area contributed by atoms with Gasteiger partial charge in [-0.25, -0.2) is 0 Å². The summed E-state index contributed by atoms with van der Waals surface area (Å²) in [6, 6.07) is 18.5. The number of carbonyl (C=O) groups excluding carboxylic acids is 2. The summed E-state index contributed by atoms with van der Waals surface area (Å²) < 4.78 is 0. The van der Waals surface area contributed by atoms with E-state index in [9.17, 15) is 19.8 Å². The average Bonchev–Trinajstić information content (AvgIpc) is 2.68. The molecule has 1 aliphatic rings. The fraction of sp³-hybridized carbons (Fsp3) is 0.130. The second-order valence-electron chi connectivity index (χ2n) is 7.03. The lowest BCUT2D eigenvalue weighted by Gasteiger charge is -2.28. The number of phenols is 2. The van der Waals surface area contributed by atoms with Crippen LogP contribution in [0.25, 0.3) is 0 Å². The maximum Gasteiger partial charge on any atom is 0.201 e.